The van der Waals surface area contributed by atoms with Crippen LogP contribution in [0.15, 0.2) is 0 Å². The molecule has 126 valence electrons. The van der Waals surface area contributed by atoms with Gasteiger partial charge in [-0.15, -0.1) is 0 Å². The molecule has 22 heavy (non-hydrogen) atoms. The van der Waals surface area contributed by atoms with Crippen LogP contribution in [0.2, 0.25) is 0 Å². The zero-order chi connectivity index (χ0) is 15.7. The normalized spacial score (nSPS) is 29.0. The van der Waals surface area contributed by atoms with Crippen LogP contribution in [0, 0.1) is 0 Å². The lowest BCUT2D eigenvalue weighted by atomic mass is 9.92. The van der Waals surface area contributed by atoms with Crippen molar-refractivity contribution in [3.63, 3.8) is 0 Å². The van der Waals surface area contributed by atoms with E-state index in [1.54, 1.807) is 6.92 Å². The third kappa shape index (κ3) is 3.31. The van der Waals surface area contributed by atoms with Crippen molar-refractivity contribution >= 4 is 15.9 Å². The van der Waals surface area contributed by atoms with E-state index < -0.39 is 10.0 Å². The van der Waals surface area contributed by atoms with Crippen molar-refractivity contribution in [3.8, 4) is 0 Å². The number of piperidine rings is 1. The molecule has 1 unspecified atom stereocenters. The molecule has 0 aromatic heterocycles. The molecule has 6 nitrogen and oxygen atoms in total. The van der Waals surface area contributed by atoms with Gasteiger partial charge in [-0.2, -0.15) is 0 Å². The van der Waals surface area contributed by atoms with Gasteiger partial charge < -0.3 is 4.90 Å². The minimum atomic E-state index is -3.13. The number of carbonyl (C=O) groups excluding carboxylic acids is 1. The number of likely N-dealkylation sites (tertiary alicyclic amines) is 2. The van der Waals surface area contributed by atoms with Crippen molar-refractivity contribution in [2.75, 3.05) is 25.4 Å². The summed E-state index contributed by atoms with van der Waals surface area (Å²) in [6.45, 7) is 4.18. The van der Waals surface area contributed by atoms with Gasteiger partial charge in [0.1, 0.15) is 0 Å². The lowest BCUT2D eigenvalue weighted by Crippen LogP contribution is -2.51. The van der Waals surface area contributed by atoms with Crippen molar-refractivity contribution in [2.24, 2.45) is 0 Å². The Hall–Kier alpha value is -0.660. The number of hydrogen-bond acceptors (Lipinski definition) is 4. The molecule has 3 aliphatic rings. The molecule has 1 amide bonds. The Morgan fingerprint density at radius 1 is 1.09 bits per heavy atom. The van der Waals surface area contributed by atoms with Crippen LogP contribution in [0.3, 0.4) is 0 Å². The van der Waals surface area contributed by atoms with Gasteiger partial charge in [-0.3, -0.25) is 9.69 Å². The summed E-state index contributed by atoms with van der Waals surface area (Å²) >= 11 is 0. The Bertz CT molecular complexity index is 510. The van der Waals surface area contributed by atoms with Crippen molar-refractivity contribution in [2.45, 2.75) is 63.6 Å². The Morgan fingerprint density at radius 3 is 2.32 bits per heavy atom. The van der Waals surface area contributed by atoms with Crippen molar-refractivity contribution in [1.82, 2.24) is 14.5 Å². The fourth-order valence-electron chi connectivity index (χ4n) is 3.75. The molecule has 0 spiro atoms. The molecule has 2 aliphatic heterocycles. The van der Waals surface area contributed by atoms with E-state index in [2.05, 4.69) is 14.5 Å². The van der Waals surface area contributed by atoms with Gasteiger partial charge in [0, 0.05) is 31.7 Å². The third-order valence-electron chi connectivity index (χ3n) is 5.42. The maximum Gasteiger partial charge on any atom is 0.240 e. The molecule has 2 saturated heterocycles. The number of nitrogens with zero attached hydrogens (tertiary/aromatic N) is 2. The van der Waals surface area contributed by atoms with Gasteiger partial charge in [0.25, 0.3) is 0 Å². The average Bonchev–Trinajstić information content (AvgIpc) is 2.80. The maximum atomic E-state index is 12.6. The van der Waals surface area contributed by atoms with Gasteiger partial charge in [-0.25, -0.2) is 13.1 Å². The maximum absolute atomic E-state index is 12.6. The highest BCUT2D eigenvalue weighted by Crippen LogP contribution is 2.31. The van der Waals surface area contributed by atoms with Gasteiger partial charge in [-0.1, -0.05) is 0 Å². The van der Waals surface area contributed by atoms with Crippen LogP contribution in [0.25, 0.3) is 0 Å². The Morgan fingerprint density at radius 2 is 1.77 bits per heavy atom. The second-order valence-corrected chi connectivity index (χ2v) is 8.79. The standard InChI is InChI=1S/C15H27N3O3S/c1-2-22(20,21)16-12-6-9-17(10-7-12)14-8-11-18(15(14)19)13-4-3-5-13/h12-14,16H,2-11H2,1H3. The average molecular weight is 329 g/mol. The van der Waals surface area contributed by atoms with Crippen molar-refractivity contribution < 1.29 is 13.2 Å². The van der Waals surface area contributed by atoms with Gasteiger partial charge in [0.15, 0.2) is 0 Å². The van der Waals surface area contributed by atoms with Crippen LogP contribution in [-0.2, 0) is 14.8 Å². The number of amides is 1. The SMILES string of the molecule is CCS(=O)(=O)NC1CCN(C2CCN(C3CCC3)C2=O)CC1. The number of nitrogens with one attached hydrogen (secondary N) is 1. The topological polar surface area (TPSA) is 69.7 Å². The fourth-order valence-corrected chi connectivity index (χ4v) is 4.66. The van der Waals surface area contributed by atoms with Gasteiger partial charge >= 0.3 is 0 Å². The summed E-state index contributed by atoms with van der Waals surface area (Å²) in [4.78, 5) is 16.9. The van der Waals surface area contributed by atoms with Crippen molar-refractivity contribution in [3.05, 3.63) is 0 Å². The Kier molecular flexibility index (Phi) is 4.75. The number of hydrogen-bond donors (Lipinski definition) is 1. The summed E-state index contributed by atoms with van der Waals surface area (Å²) in [6, 6.07) is 0.552. The molecule has 0 aromatic carbocycles. The molecule has 0 aromatic rings. The van der Waals surface area contributed by atoms with E-state index in [-0.39, 0.29) is 17.8 Å². The van der Waals surface area contributed by atoms with E-state index in [1.807, 2.05) is 0 Å². The minimum absolute atomic E-state index is 0.0282. The first kappa shape index (κ1) is 16.2. The highest BCUT2D eigenvalue weighted by molar-refractivity contribution is 7.89. The predicted octanol–water partition coefficient (Wildman–Crippen LogP) is 0.544. The Balaban J connectivity index is 1.50. The zero-order valence-corrected chi connectivity index (χ0v) is 14.1. The van der Waals surface area contributed by atoms with Gasteiger partial charge in [-0.05, 0) is 45.4 Å². The largest absolute Gasteiger partial charge is 0.338 e. The number of sulfonamides is 1. The van der Waals surface area contributed by atoms with Gasteiger partial charge in [0.05, 0.1) is 11.8 Å². The molecule has 7 heteroatoms. The molecule has 1 atom stereocenters. The van der Waals surface area contributed by atoms with Crippen LogP contribution < -0.4 is 4.72 Å². The summed E-state index contributed by atoms with van der Waals surface area (Å²) in [5.74, 6) is 0.433. The Labute approximate surface area is 133 Å². The van der Waals surface area contributed by atoms with Crippen LogP contribution >= 0.6 is 0 Å². The molecule has 2 heterocycles. The molecule has 3 fully saturated rings. The first-order valence-electron chi connectivity index (χ1n) is 8.54. The molecule has 1 N–H and O–H groups in total. The highest BCUT2D eigenvalue weighted by atomic mass is 32.2. The second kappa shape index (κ2) is 6.45. The van der Waals surface area contributed by atoms with E-state index >= 15 is 0 Å². The minimum Gasteiger partial charge on any atom is -0.338 e. The van der Waals surface area contributed by atoms with E-state index in [1.165, 1.54) is 19.3 Å². The molecule has 0 radical (unpaired) electrons. The molecule has 1 aliphatic carbocycles. The fraction of sp³-hybridized carbons (Fsp3) is 0.933. The monoisotopic (exact) mass is 329 g/mol. The summed E-state index contributed by atoms with van der Waals surface area (Å²) in [7, 11) is -3.13. The highest BCUT2D eigenvalue weighted by Gasteiger charge is 2.41. The van der Waals surface area contributed by atoms with Crippen LogP contribution in [0.5, 0.6) is 0 Å². The molecular formula is C15H27N3O3S. The molecule has 3 rings (SSSR count). The van der Waals surface area contributed by atoms with E-state index in [9.17, 15) is 13.2 Å². The predicted molar refractivity (Wildman–Crippen MR) is 84.9 cm³/mol. The summed E-state index contributed by atoms with van der Waals surface area (Å²) in [5.41, 5.74) is 0. The summed E-state index contributed by atoms with van der Waals surface area (Å²) in [5, 5.41) is 0. The van der Waals surface area contributed by atoms with Crippen molar-refractivity contribution in [1.29, 1.82) is 0 Å². The smallest absolute Gasteiger partial charge is 0.240 e. The summed E-state index contributed by atoms with van der Waals surface area (Å²) < 4.78 is 26.0. The summed E-state index contributed by atoms with van der Waals surface area (Å²) in [6.07, 6.45) is 6.11. The van der Waals surface area contributed by atoms with Crippen LogP contribution in [0.1, 0.15) is 45.4 Å². The lowest BCUT2D eigenvalue weighted by Gasteiger charge is -2.37. The van der Waals surface area contributed by atoms with Gasteiger partial charge in [0.2, 0.25) is 15.9 Å². The van der Waals surface area contributed by atoms with Crippen LogP contribution in [-0.4, -0.2) is 67.6 Å². The number of carbonyl (C=O) groups is 1. The number of rotatable bonds is 5. The quantitative estimate of drug-likeness (QED) is 0.799. The molecule has 1 saturated carbocycles. The second-order valence-electron chi connectivity index (χ2n) is 6.75. The van der Waals surface area contributed by atoms with E-state index in [4.69, 9.17) is 0 Å². The zero-order valence-electron chi connectivity index (χ0n) is 13.3. The van der Waals surface area contributed by atoms with Crippen LogP contribution in [0.4, 0.5) is 0 Å². The van der Waals surface area contributed by atoms with E-state index in [0.29, 0.717) is 11.9 Å². The molecular weight excluding hydrogens is 302 g/mol. The van der Waals surface area contributed by atoms with E-state index in [0.717, 1.165) is 38.9 Å². The molecule has 0 bridgehead atoms. The lowest BCUT2D eigenvalue weighted by molar-refractivity contribution is -0.135. The first-order valence-corrected chi connectivity index (χ1v) is 10.2. The first-order chi connectivity index (χ1) is 10.5. The third-order valence-corrected chi connectivity index (χ3v) is 6.88.